The van der Waals surface area contributed by atoms with Crippen LogP contribution in [-0.2, 0) is 9.53 Å². The number of carbonyl (C=O) groups excluding carboxylic acids is 1. The maximum Gasteiger partial charge on any atom is 0.250 e. The van der Waals surface area contributed by atoms with Crippen molar-refractivity contribution in [2.24, 2.45) is 17.3 Å². The van der Waals surface area contributed by atoms with Gasteiger partial charge < -0.3 is 19.8 Å². The first-order valence-electron chi connectivity index (χ1n) is 11.9. The first-order chi connectivity index (χ1) is 14.5. The molecule has 0 radical (unpaired) electrons. The summed E-state index contributed by atoms with van der Waals surface area (Å²) in [6.07, 6.45) is 9.42. The Hall–Kier alpha value is -1.43. The second kappa shape index (κ2) is 9.60. The van der Waals surface area contributed by atoms with Crippen LogP contribution in [0.25, 0.3) is 0 Å². The summed E-state index contributed by atoms with van der Waals surface area (Å²) in [5.41, 5.74) is 3.35. The van der Waals surface area contributed by atoms with Gasteiger partial charge in [-0.3, -0.25) is 4.79 Å². The molecule has 2 N–H and O–H groups in total. The molecule has 5 heteroatoms. The molecule has 0 saturated heterocycles. The molecule has 0 heterocycles. The van der Waals surface area contributed by atoms with Gasteiger partial charge in [0, 0.05) is 20.5 Å². The second-order valence-electron chi connectivity index (χ2n) is 10.4. The van der Waals surface area contributed by atoms with Gasteiger partial charge in [-0.05, 0) is 80.8 Å². The van der Waals surface area contributed by atoms with Gasteiger partial charge in [0.15, 0.2) is 0 Å². The average molecular weight is 432 g/mol. The Morgan fingerprint density at radius 2 is 1.97 bits per heavy atom. The van der Waals surface area contributed by atoms with E-state index < -0.39 is 18.3 Å². The van der Waals surface area contributed by atoms with Gasteiger partial charge in [0.2, 0.25) is 0 Å². The van der Waals surface area contributed by atoms with Gasteiger partial charge in [-0.25, -0.2) is 0 Å². The standard InChI is InChI=1S/C26H41NO4/c1-16-20(14-21(28)15-24(16)29)10-9-19-8-7-13-26(4)22(11-12-23(19)26)17(2)31-18(3)25(30)27(5)6/h9-10,17-18,21-24,28-29H,1,7-8,11-15H2,2-6H3/b19-9+,20-10-/t17?,18-,21+,22+,23-,24-,26+/m0/s1. The van der Waals surface area contributed by atoms with E-state index in [-0.39, 0.29) is 17.4 Å². The number of ether oxygens (including phenoxy) is 1. The van der Waals surface area contributed by atoms with Gasteiger partial charge in [-0.2, -0.15) is 0 Å². The molecule has 3 fully saturated rings. The van der Waals surface area contributed by atoms with Crippen LogP contribution in [-0.4, -0.2) is 59.5 Å². The van der Waals surface area contributed by atoms with E-state index in [1.807, 2.05) is 6.92 Å². The Bertz CT molecular complexity index is 755. The summed E-state index contributed by atoms with van der Waals surface area (Å²) in [6.45, 7) is 10.4. The molecule has 0 aliphatic heterocycles. The van der Waals surface area contributed by atoms with Crippen LogP contribution in [0.4, 0.5) is 0 Å². The van der Waals surface area contributed by atoms with Crippen LogP contribution in [0.2, 0.25) is 0 Å². The monoisotopic (exact) mass is 431 g/mol. The summed E-state index contributed by atoms with van der Waals surface area (Å²) in [6, 6.07) is 0. The van der Waals surface area contributed by atoms with Crippen molar-refractivity contribution in [2.75, 3.05) is 14.1 Å². The van der Waals surface area contributed by atoms with Gasteiger partial charge in [0.1, 0.15) is 6.10 Å². The number of carbonyl (C=O) groups is 1. The number of hydrogen-bond acceptors (Lipinski definition) is 4. The van der Waals surface area contributed by atoms with E-state index >= 15 is 0 Å². The van der Waals surface area contributed by atoms with Gasteiger partial charge in [-0.1, -0.05) is 31.2 Å². The first kappa shape index (κ1) is 24.2. The molecule has 5 nitrogen and oxygen atoms in total. The summed E-state index contributed by atoms with van der Waals surface area (Å²) >= 11 is 0. The van der Waals surface area contributed by atoms with Crippen molar-refractivity contribution in [3.05, 3.63) is 35.5 Å². The largest absolute Gasteiger partial charge is 0.393 e. The van der Waals surface area contributed by atoms with Crippen molar-refractivity contribution in [3.8, 4) is 0 Å². The molecule has 3 aliphatic rings. The quantitative estimate of drug-likeness (QED) is 0.690. The molecule has 1 unspecified atom stereocenters. The lowest BCUT2D eigenvalue weighted by Gasteiger charge is -2.44. The minimum absolute atomic E-state index is 0.0134. The number of rotatable bonds is 5. The average Bonchev–Trinajstić information content (AvgIpc) is 3.06. The minimum atomic E-state index is -0.647. The Morgan fingerprint density at radius 3 is 2.65 bits per heavy atom. The number of hydrogen-bond donors (Lipinski definition) is 2. The highest BCUT2D eigenvalue weighted by Gasteiger charge is 2.51. The van der Waals surface area contributed by atoms with Crippen molar-refractivity contribution >= 4 is 5.91 Å². The Kier molecular flexibility index (Phi) is 7.50. The van der Waals surface area contributed by atoms with Gasteiger partial charge in [0.25, 0.3) is 5.91 Å². The number of allylic oxidation sites excluding steroid dienone is 3. The molecule has 3 rings (SSSR count). The number of aliphatic hydroxyl groups is 2. The zero-order valence-electron chi connectivity index (χ0n) is 19.9. The summed E-state index contributed by atoms with van der Waals surface area (Å²) in [7, 11) is 3.54. The molecule has 0 bridgehead atoms. The van der Waals surface area contributed by atoms with Crippen molar-refractivity contribution in [2.45, 2.75) is 90.1 Å². The van der Waals surface area contributed by atoms with E-state index in [1.165, 1.54) is 12.0 Å². The number of likely N-dealkylation sites (N-methyl/N-ethyl adjacent to an activating group) is 1. The third-order valence-corrected chi connectivity index (χ3v) is 8.08. The van der Waals surface area contributed by atoms with E-state index in [9.17, 15) is 15.0 Å². The lowest BCUT2D eigenvalue weighted by molar-refractivity contribution is -0.147. The van der Waals surface area contributed by atoms with E-state index in [0.29, 0.717) is 24.7 Å². The molecule has 31 heavy (non-hydrogen) atoms. The molecule has 0 spiro atoms. The van der Waals surface area contributed by atoms with Crippen LogP contribution >= 0.6 is 0 Å². The second-order valence-corrected chi connectivity index (χ2v) is 10.4. The van der Waals surface area contributed by atoms with E-state index in [2.05, 4.69) is 32.6 Å². The van der Waals surface area contributed by atoms with Crippen LogP contribution in [0.3, 0.4) is 0 Å². The highest BCUT2D eigenvalue weighted by molar-refractivity contribution is 5.79. The van der Waals surface area contributed by atoms with Crippen LogP contribution in [0, 0.1) is 17.3 Å². The fourth-order valence-corrected chi connectivity index (χ4v) is 6.35. The van der Waals surface area contributed by atoms with E-state index in [1.54, 1.807) is 19.0 Å². The normalized spacial score (nSPS) is 38.2. The van der Waals surface area contributed by atoms with Crippen LogP contribution in [0.5, 0.6) is 0 Å². The number of amides is 1. The summed E-state index contributed by atoms with van der Waals surface area (Å²) in [5.74, 6) is 0.958. The molecular formula is C26H41NO4. The fraction of sp³-hybridized carbons (Fsp3) is 0.731. The maximum atomic E-state index is 12.3. The zero-order valence-corrected chi connectivity index (χ0v) is 19.9. The summed E-state index contributed by atoms with van der Waals surface area (Å²) < 4.78 is 6.21. The lowest BCUT2D eigenvalue weighted by atomic mass is 9.62. The smallest absolute Gasteiger partial charge is 0.250 e. The Balaban J connectivity index is 1.75. The zero-order chi connectivity index (χ0) is 22.9. The molecule has 0 aromatic heterocycles. The van der Waals surface area contributed by atoms with E-state index in [0.717, 1.165) is 36.8 Å². The van der Waals surface area contributed by atoms with Crippen LogP contribution in [0.15, 0.2) is 35.5 Å². The Morgan fingerprint density at radius 1 is 1.26 bits per heavy atom. The van der Waals surface area contributed by atoms with Crippen molar-refractivity contribution in [1.82, 2.24) is 4.90 Å². The molecule has 3 aliphatic carbocycles. The van der Waals surface area contributed by atoms with Gasteiger partial charge in [0.05, 0.1) is 18.3 Å². The van der Waals surface area contributed by atoms with E-state index in [4.69, 9.17) is 4.74 Å². The number of aliphatic hydroxyl groups excluding tert-OH is 2. The van der Waals surface area contributed by atoms with Crippen LogP contribution in [0.1, 0.15) is 65.7 Å². The molecule has 0 aromatic rings. The third kappa shape index (κ3) is 4.99. The first-order valence-corrected chi connectivity index (χ1v) is 11.9. The van der Waals surface area contributed by atoms with Crippen molar-refractivity contribution in [1.29, 1.82) is 0 Å². The predicted octanol–water partition coefficient (Wildman–Crippen LogP) is 4.01. The lowest BCUT2D eigenvalue weighted by Crippen LogP contribution is -2.42. The minimum Gasteiger partial charge on any atom is -0.393 e. The third-order valence-electron chi connectivity index (χ3n) is 8.08. The topological polar surface area (TPSA) is 70.0 Å². The molecule has 7 atom stereocenters. The SMILES string of the molecule is C=C1/C(=C\C=C2/CCC[C@]3(C)[C@@H](C(C)O[C@@H](C)C(=O)N(C)C)CC[C@@H]23)C[C@@H](O)C[C@@H]1O. The van der Waals surface area contributed by atoms with Crippen LogP contribution < -0.4 is 0 Å². The molecule has 1 amide bonds. The number of fused-ring (bicyclic) bond motifs is 1. The maximum absolute atomic E-state index is 12.3. The van der Waals surface area contributed by atoms with Gasteiger partial charge >= 0.3 is 0 Å². The molecular weight excluding hydrogens is 390 g/mol. The van der Waals surface area contributed by atoms with Crippen molar-refractivity contribution < 1.29 is 19.7 Å². The number of nitrogens with zero attached hydrogens (tertiary/aromatic N) is 1. The highest BCUT2D eigenvalue weighted by atomic mass is 16.5. The summed E-state index contributed by atoms with van der Waals surface area (Å²) in [4.78, 5) is 13.9. The fourth-order valence-electron chi connectivity index (χ4n) is 6.35. The Labute approximate surface area is 187 Å². The molecule has 3 saturated carbocycles. The predicted molar refractivity (Wildman–Crippen MR) is 123 cm³/mol. The summed E-state index contributed by atoms with van der Waals surface area (Å²) in [5, 5.41) is 20.2. The van der Waals surface area contributed by atoms with Crippen molar-refractivity contribution in [3.63, 3.8) is 0 Å². The molecule has 0 aromatic carbocycles. The highest BCUT2D eigenvalue weighted by Crippen LogP contribution is 2.58. The molecule has 174 valence electrons. The van der Waals surface area contributed by atoms with Gasteiger partial charge in [-0.15, -0.1) is 0 Å².